The van der Waals surface area contributed by atoms with Crippen LogP contribution in [-0.4, -0.2) is 24.4 Å². The predicted octanol–water partition coefficient (Wildman–Crippen LogP) is 1.57. The van der Waals surface area contributed by atoms with Crippen LogP contribution in [0.4, 0.5) is 0 Å². The van der Waals surface area contributed by atoms with Crippen LogP contribution in [0.5, 0.6) is 0 Å². The summed E-state index contributed by atoms with van der Waals surface area (Å²) in [6.45, 7) is 3.74. The lowest BCUT2D eigenvalue weighted by Gasteiger charge is -2.32. The van der Waals surface area contributed by atoms with Gasteiger partial charge in [0, 0.05) is 12.0 Å². The molecule has 2 aliphatic rings. The highest BCUT2D eigenvalue weighted by Crippen LogP contribution is 2.56. The van der Waals surface area contributed by atoms with E-state index in [-0.39, 0.29) is 11.5 Å². The zero-order valence-electron chi connectivity index (χ0n) is 7.75. The van der Waals surface area contributed by atoms with E-state index in [0.29, 0.717) is 5.92 Å². The Hall–Kier alpha value is -0.0800. The minimum absolute atomic E-state index is 0.135. The van der Waals surface area contributed by atoms with Gasteiger partial charge in [0.1, 0.15) is 0 Å². The van der Waals surface area contributed by atoms with E-state index in [1.54, 1.807) is 0 Å². The van der Waals surface area contributed by atoms with Crippen LogP contribution in [0.15, 0.2) is 0 Å². The first-order chi connectivity index (χ1) is 5.76. The molecule has 0 bridgehead atoms. The van der Waals surface area contributed by atoms with Crippen LogP contribution in [0, 0.1) is 11.3 Å². The fraction of sp³-hybridized carbons (Fsp3) is 1.00. The third-order valence-electron chi connectivity index (χ3n) is 3.63. The summed E-state index contributed by atoms with van der Waals surface area (Å²) >= 11 is 0. The molecule has 2 atom stereocenters. The Labute approximate surface area is 73.9 Å². The van der Waals surface area contributed by atoms with E-state index in [9.17, 15) is 5.11 Å². The number of ether oxygens (including phenoxy) is 1. The van der Waals surface area contributed by atoms with Crippen molar-refractivity contribution in [2.24, 2.45) is 11.3 Å². The average molecular weight is 170 g/mol. The van der Waals surface area contributed by atoms with Gasteiger partial charge in [-0.15, -0.1) is 0 Å². The molecule has 70 valence electrons. The molecule has 1 saturated heterocycles. The maximum absolute atomic E-state index is 9.64. The van der Waals surface area contributed by atoms with E-state index < -0.39 is 0 Å². The Bertz CT molecular complexity index is 155. The van der Waals surface area contributed by atoms with Crippen LogP contribution in [0.1, 0.15) is 32.6 Å². The molecule has 2 unspecified atom stereocenters. The minimum atomic E-state index is -0.135. The summed E-state index contributed by atoms with van der Waals surface area (Å²) in [5.41, 5.74) is 0.250. The lowest BCUT2D eigenvalue weighted by Crippen LogP contribution is -2.33. The van der Waals surface area contributed by atoms with Crippen LogP contribution in [0.25, 0.3) is 0 Å². The van der Waals surface area contributed by atoms with Crippen molar-refractivity contribution >= 4 is 0 Å². The maximum atomic E-state index is 9.64. The molecular formula is C10H18O2. The summed E-state index contributed by atoms with van der Waals surface area (Å²) in [6.07, 6.45) is 4.71. The second kappa shape index (κ2) is 3.00. The van der Waals surface area contributed by atoms with Gasteiger partial charge >= 0.3 is 0 Å². The Morgan fingerprint density at radius 2 is 2.25 bits per heavy atom. The van der Waals surface area contributed by atoms with E-state index in [1.165, 1.54) is 25.7 Å². The van der Waals surface area contributed by atoms with Crippen LogP contribution in [0.2, 0.25) is 0 Å². The Morgan fingerprint density at radius 1 is 1.50 bits per heavy atom. The van der Waals surface area contributed by atoms with Gasteiger partial charge < -0.3 is 9.84 Å². The molecule has 1 N–H and O–H groups in total. The van der Waals surface area contributed by atoms with E-state index in [4.69, 9.17) is 4.74 Å². The molecule has 1 aliphatic carbocycles. The van der Waals surface area contributed by atoms with Crippen molar-refractivity contribution in [1.29, 1.82) is 0 Å². The molecule has 0 aromatic heterocycles. The van der Waals surface area contributed by atoms with E-state index >= 15 is 0 Å². The number of hydrogen-bond donors (Lipinski definition) is 1. The first-order valence-electron chi connectivity index (χ1n) is 5.01. The molecule has 0 aromatic carbocycles. The maximum Gasteiger partial charge on any atom is 0.0571 e. The average Bonchev–Trinajstić information content (AvgIpc) is 2.86. The molecule has 2 fully saturated rings. The number of hydrogen-bond acceptors (Lipinski definition) is 2. The van der Waals surface area contributed by atoms with Crippen molar-refractivity contribution in [3.05, 3.63) is 0 Å². The second-order valence-electron chi connectivity index (χ2n) is 4.32. The van der Waals surface area contributed by atoms with Gasteiger partial charge in [0.2, 0.25) is 0 Å². The monoisotopic (exact) mass is 170 g/mol. The number of aliphatic hydroxyl groups excluding tert-OH is 1. The van der Waals surface area contributed by atoms with Crippen LogP contribution >= 0.6 is 0 Å². The normalized spacial score (nSPS) is 36.0. The molecule has 2 heteroatoms. The largest absolute Gasteiger partial charge is 0.393 e. The van der Waals surface area contributed by atoms with Gasteiger partial charge in [-0.25, -0.2) is 0 Å². The first kappa shape index (κ1) is 8.52. The molecule has 2 nitrogen and oxygen atoms in total. The Morgan fingerprint density at radius 3 is 2.67 bits per heavy atom. The fourth-order valence-electron chi connectivity index (χ4n) is 2.51. The highest BCUT2D eigenvalue weighted by atomic mass is 16.5. The lowest BCUT2D eigenvalue weighted by molar-refractivity contribution is -0.0180. The van der Waals surface area contributed by atoms with Gasteiger partial charge in [-0.2, -0.15) is 0 Å². The van der Waals surface area contributed by atoms with E-state index in [1.807, 2.05) is 6.92 Å². The van der Waals surface area contributed by atoms with Crippen LogP contribution in [0.3, 0.4) is 0 Å². The summed E-state index contributed by atoms with van der Waals surface area (Å²) in [4.78, 5) is 0. The van der Waals surface area contributed by atoms with Crippen LogP contribution in [-0.2, 0) is 4.74 Å². The Kier molecular flexibility index (Phi) is 2.13. The highest BCUT2D eigenvalue weighted by Gasteiger charge is 2.52. The summed E-state index contributed by atoms with van der Waals surface area (Å²) in [6, 6.07) is 0. The van der Waals surface area contributed by atoms with Crippen molar-refractivity contribution in [3.63, 3.8) is 0 Å². The highest BCUT2D eigenvalue weighted by molar-refractivity contribution is 5.02. The SMILES string of the molecule is CC(O)C1(C2CCCOC2)CC1. The van der Waals surface area contributed by atoms with Gasteiger partial charge in [0.05, 0.1) is 12.7 Å². The molecule has 0 spiro atoms. The molecule has 2 rings (SSSR count). The summed E-state index contributed by atoms with van der Waals surface area (Å²) in [7, 11) is 0. The van der Waals surface area contributed by atoms with Crippen molar-refractivity contribution in [2.45, 2.75) is 38.7 Å². The number of rotatable bonds is 2. The third kappa shape index (κ3) is 1.27. The molecule has 1 heterocycles. The minimum Gasteiger partial charge on any atom is -0.393 e. The van der Waals surface area contributed by atoms with Gasteiger partial charge in [0.15, 0.2) is 0 Å². The number of aliphatic hydroxyl groups is 1. The second-order valence-corrected chi connectivity index (χ2v) is 4.32. The van der Waals surface area contributed by atoms with E-state index in [2.05, 4.69) is 0 Å². The predicted molar refractivity (Wildman–Crippen MR) is 46.9 cm³/mol. The smallest absolute Gasteiger partial charge is 0.0571 e. The molecule has 1 aliphatic heterocycles. The molecular weight excluding hydrogens is 152 g/mol. The summed E-state index contributed by atoms with van der Waals surface area (Å²) < 4.78 is 5.45. The van der Waals surface area contributed by atoms with Gasteiger partial charge in [-0.1, -0.05) is 0 Å². The van der Waals surface area contributed by atoms with E-state index in [0.717, 1.165) is 13.2 Å². The first-order valence-corrected chi connectivity index (χ1v) is 5.01. The molecule has 1 saturated carbocycles. The zero-order valence-corrected chi connectivity index (χ0v) is 7.75. The standard InChI is InChI=1S/C10H18O2/c1-8(11)10(4-5-10)9-3-2-6-12-7-9/h8-9,11H,2-7H2,1H3. The zero-order chi connectivity index (χ0) is 8.60. The van der Waals surface area contributed by atoms with Crippen molar-refractivity contribution in [2.75, 3.05) is 13.2 Å². The van der Waals surface area contributed by atoms with Gasteiger partial charge in [0.25, 0.3) is 0 Å². The van der Waals surface area contributed by atoms with Crippen molar-refractivity contribution in [1.82, 2.24) is 0 Å². The van der Waals surface area contributed by atoms with Crippen LogP contribution < -0.4 is 0 Å². The van der Waals surface area contributed by atoms with Crippen molar-refractivity contribution in [3.8, 4) is 0 Å². The quantitative estimate of drug-likeness (QED) is 0.681. The molecule has 0 aromatic rings. The van der Waals surface area contributed by atoms with Gasteiger partial charge in [-0.05, 0) is 38.5 Å². The summed E-state index contributed by atoms with van der Waals surface area (Å²) in [5.74, 6) is 0.631. The Balaban J connectivity index is 1.97. The topological polar surface area (TPSA) is 29.5 Å². The van der Waals surface area contributed by atoms with Crippen molar-refractivity contribution < 1.29 is 9.84 Å². The van der Waals surface area contributed by atoms with Gasteiger partial charge in [-0.3, -0.25) is 0 Å². The molecule has 0 amide bonds. The lowest BCUT2D eigenvalue weighted by atomic mass is 9.81. The molecule has 0 radical (unpaired) electrons. The third-order valence-corrected chi connectivity index (χ3v) is 3.63. The fourth-order valence-corrected chi connectivity index (χ4v) is 2.51. The molecule has 12 heavy (non-hydrogen) atoms. The summed E-state index contributed by atoms with van der Waals surface area (Å²) in [5, 5.41) is 9.64.